The predicted molar refractivity (Wildman–Crippen MR) is 110 cm³/mol. The van der Waals surface area contributed by atoms with Gasteiger partial charge in [0.05, 0.1) is 12.1 Å². The predicted octanol–water partition coefficient (Wildman–Crippen LogP) is 5.75. The van der Waals surface area contributed by atoms with Crippen LogP contribution in [0.25, 0.3) is 0 Å². The van der Waals surface area contributed by atoms with E-state index in [0.717, 1.165) is 15.1 Å². The van der Waals surface area contributed by atoms with Crippen LogP contribution in [0.2, 0.25) is 5.02 Å². The van der Waals surface area contributed by atoms with E-state index < -0.39 is 24.2 Å². The molecule has 3 heterocycles. The fourth-order valence-corrected chi connectivity index (χ4v) is 4.56. The van der Waals surface area contributed by atoms with Crippen LogP contribution in [0.4, 0.5) is 19.0 Å². The SMILES string of the molecule is C[C@H](NC(=O)c1nn2c(c1Cl)N[C@@H](c1cccs1)C[C@H]2C(F)(F)F)c1ccccc1. The van der Waals surface area contributed by atoms with Crippen molar-refractivity contribution in [1.29, 1.82) is 0 Å². The van der Waals surface area contributed by atoms with Gasteiger partial charge in [0.25, 0.3) is 5.91 Å². The molecule has 0 spiro atoms. The van der Waals surface area contributed by atoms with Crippen LogP contribution in [0.15, 0.2) is 47.8 Å². The smallest absolute Gasteiger partial charge is 0.361 e. The largest absolute Gasteiger partial charge is 0.410 e. The van der Waals surface area contributed by atoms with Gasteiger partial charge in [-0.1, -0.05) is 48.0 Å². The van der Waals surface area contributed by atoms with Crippen LogP contribution in [0.5, 0.6) is 0 Å². The number of rotatable bonds is 4. The molecule has 0 saturated carbocycles. The molecule has 0 bridgehead atoms. The molecular formula is C20H18ClF3N4OS. The highest BCUT2D eigenvalue weighted by Gasteiger charge is 2.48. The Labute approximate surface area is 179 Å². The number of amides is 1. The van der Waals surface area contributed by atoms with E-state index in [1.165, 1.54) is 11.3 Å². The number of hydrogen-bond acceptors (Lipinski definition) is 4. The summed E-state index contributed by atoms with van der Waals surface area (Å²) in [5.41, 5.74) is 0.623. The van der Waals surface area contributed by atoms with Gasteiger partial charge in [-0.3, -0.25) is 4.79 Å². The second-order valence-electron chi connectivity index (χ2n) is 7.07. The Hall–Kier alpha value is -2.52. The Morgan fingerprint density at radius 1 is 1.30 bits per heavy atom. The number of thiophene rings is 1. The number of nitrogens with one attached hydrogen (secondary N) is 2. The Morgan fingerprint density at radius 2 is 2.03 bits per heavy atom. The minimum Gasteiger partial charge on any atom is -0.361 e. The molecule has 0 unspecified atom stereocenters. The Bertz CT molecular complexity index is 1040. The first kappa shape index (κ1) is 20.7. The van der Waals surface area contributed by atoms with Crippen molar-refractivity contribution >= 4 is 34.7 Å². The Kier molecular flexibility index (Phi) is 5.50. The topological polar surface area (TPSA) is 59.0 Å². The van der Waals surface area contributed by atoms with Crippen LogP contribution >= 0.6 is 22.9 Å². The standard InChI is InChI=1S/C20H18ClF3N4OS/c1-11(12-6-3-2-4-7-12)25-19(29)17-16(21)18-26-13(14-8-5-9-30-14)10-15(20(22,23)24)28(18)27-17/h2-9,11,13,15,26H,10H2,1H3,(H,25,29)/t11-,13+,15-/m0/s1. The van der Waals surface area contributed by atoms with Gasteiger partial charge in [0, 0.05) is 11.3 Å². The normalized spacial score (nSPS) is 19.6. The molecule has 1 aromatic carbocycles. The molecule has 158 valence electrons. The molecule has 1 amide bonds. The number of halogens is 4. The molecule has 30 heavy (non-hydrogen) atoms. The zero-order chi connectivity index (χ0) is 21.5. The van der Waals surface area contributed by atoms with E-state index in [0.29, 0.717) is 0 Å². The number of carbonyl (C=O) groups is 1. The minimum atomic E-state index is -4.53. The summed E-state index contributed by atoms with van der Waals surface area (Å²) >= 11 is 7.70. The van der Waals surface area contributed by atoms with Crippen LogP contribution in [0, 0.1) is 0 Å². The average Bonchev–Trinajstić information content (AvgIpc) is 3.36. The maximum atomic E-state index is 13.8. The highest BCUT2D eigenvalue weighted by molar-refractivity contribution is 7.10. The van der Waals surface area contributed by atoms with Gasteiger partial charge in [0.15, 0.2) is 11.7 Å². The van der Waals surface area contributed by atoms with Crippen molar-refractivity contribution in [3.05, 3.63) is 69.0 Å². The van der Waals surface area contributed by atoms with Gasteiger partial charge in [-0.05, 0) is 23.9 Å². The summed E-state index contributed by atoms with van der Waals surface area (Å²) < 4.78 is 42.1. The molecule has 0 saturated heterocycles. The number of aromatic nitrogens is 2. The summed E-state index contributed by atoms with van der Waals surface area (Å²) in [7, 11) is 0. The maximum absolute atomic E-state index is 13.8. The first-order valence-corrected chi connectivity index (χ1v) is 10.5. The lowest BCUT2D eigenvalue weighted by molar-refractivity contribution is -0.173. The van der Waals surface area contributed by atoms with Crippen molar-refractivity contribution in [3.8, 4) is 0 Å². The van der Waals surface area contributed by atoms with E-state index in [1.807, 2.05) is 30.3 Å². The highest BCUT2D eigenvalue weighted by atomic mass is 35.5. The van der Waals surface area contributed by atoms with Gasteiger partial charge in [0.2, 0.25) is 0 Å². The zero-order valence-corrected chi connectivity index (χ0v) is 17.4. The summed E-state index contributed by atoms with van der Waals surface area (Å²) in [5.74, 6) is -0.630. The number of alkyl halides is 3. The summed E-state index contributed by atoms with van der Waals surface area (Å²) in [4.78, 5) is 13.5. The molecule has 4 rings (SSSR count). The van der Waals surface area contributed by atoms with Crippen molar-refractivity contribution < 1.29 is 18.0 Å². The van der Waals surface area contributed by atoms with Crippen LogP contribution in [0.3, 0.4) is 0 Å². The van der Waals surface area contributed by atoms with Crippen molar-refractivity contribution in [1.82, 2.24) is 15.1 Å². The maximum Gasteiger partial charge on any atom is 0.410 e. The van der Waals surface area contributed by atoms with E-state index >= 15 is 0 Å². The first-order chi connectivity index (χ1) is 14.3. The van der Waals surface area contributed by atoms with Crippen LogP contribution in [-0.4, -0.2) is 21.9 Å². The summed E-state index contributed by atoms with van der Waals surface area (Å²) in [5, 5.41) is 11.4. The molecule has 3 aromatic rings. The number of fused-ring (bicyclic) bond motifs is 1. The number of benzene rings is 1. The summed E-state index contributed by atoms with van der Waals surface area (Å²) in [6.07, 6.45) is -4.77. The van der Waals surface area contributed by atoms with Crippen LogP contribution in [-0.2, 0) is 0 Å². The molecule has 5 nitrogen and oxygen atoms in total. The van der Waals surface area contributed by atoms with E-state index in [4.69, 9.17) is 11.6 Å². The molecule has 3 atom stereocenters. The minimum absolute atomic E-state index is 0.00107. The second-order valence-corrected chi connectivity index (χ2v) is 8.42. The lowest BCUT2D eigenvalue weighted by atomic mass is 10.0. The van der Waals surface area contributed by atoms with Gasteiger partial charge in [-0.25, -0.2) is 4.68 Å². The fraction of sp³-hybridized carbons (Fsp3) is 0.300. The first-order valence-electron chi connectivity index (χ1n) is 9.26. The van der Waals surface area contributed by atoms with Gasteiger partial charge < -0.3 is 10.6 Å². The molecule has 1 aliphatic rings. The molecule has 1 aliphatic heterocycles. The van der Waals surface area contributed by atoms with E-state index in [9.17, 15) is 18.0 Å². The summed E-state index contributed by atoms with van der Waals surface area (Å²) in [6, 6.07) is 9.95. The van der Waals surface area contributed by atoms with Gasteiger partial charge in [0.1, 0.15) is 10.8 Å². The lowest BCUT2D eigenvalue weighted by Crippen LogP contribution is -2.35. The Morgan fingerprint density at radius 3 is 2.67 bits per heavy atom. The third-order valence-corrected chi connectivity index (χ3v) is 6.39. The van der Waals surface area contributed by atoms with E-state index in [1.54, 1.807) is 24.4 Å². The quantitative estimate of drug-likeness (QED) is 0.527. The van der Waals surface area contributed by atoms with Crippen molar-refractivity contribution in [2.24, 2.45) is 0 Å². The molecular weight excluding hydrogens is 437 g/mol. The Balaban J connectivity index is 1.65. The number of carbonyl (C=O) groups excluding carboxylic acids is 1. The van der Waals surface area contributed by atoms with Crippen LogP contribution in [0.1, 0.15) is 52.4 Å². The van der Waals surface area contributed by atoms with Gasteiger partial charge >= 0.3 is 6.18 Å². The van der Waals surface area contributed by atoms with Crippen molar-refractivity contribution in [3.63, 3.8) is 0 Å². The lowest BCUT2D eigenvalue weighted by Gasteiger charge is -2.32. The molecule has 0 aliphatic carbocycles. The third-order valence-electron chi connectivity index (χ3n) is 5.04. The number of hydrogen-bond donors (Lipinski definition) is 2. The van der Waals surface area contributed by atoms with E-state index in [-0.39, 0.29) is 29.0 Å². The number of anilines is 1. The molecule has 10 heteroatoms. The molecule has 2 aromatic heterocycles. The fourth-order valence-electron chi connectivity index (χ4n) is 3.50. The number of nitrogens with zero attached hydrogens (tertiary/aromatic N) is 2. The third kappa shape index (κ3) is 3.91. The molecule has 0 radical (unpaired) electrons. The zero-order valence-electron chi connectivity index (χ0n) is 15.8. The van der Waals surface area contributed by atoms with Crippen molar-refractivity contribution in [2.45, 2.75) is 37.6 Å². The second kappa shape index (κ2) is 7.96. The molecule has 0 fully saturated rings. The van der Waals surface area contributed by atoms with Gasteiger partial charge in [-0.15, -0.1) is 11.3 Å². The highest BCUT2D eigenvalue weighted by Crippen LogP contribution is 2.46. The molecule has 2 N–H and O–H groups in total. The van der Waals surface area contributed by atoms with Crippen molar-refractivity contribution in [2.75, 3.05) is 5.32 Å². The average molecular weight is 455 g/mol. The van der Waals surface area contributed by atoms with E-state index in [2.05, 4.69) is 15.7 Å². The summed E-state index contributed by atoms with van der Waals surface area (Å²) in [6.45, 7) is 1.78. The van der Waals surface area contributed by atoms with Gasteiger partial charge in [-0.2, -0.15) is 18.3 Å². The monoisotopic (exact) mass is 454 g/mol. The van der Waals surface area contributed by atoms with Crippen LogP contribution < -0.4 is 10.6 Å².